The number of hydrogen-bond acceptors (Lipinski definition) is 2. The first-order valence-corrected chi connectivity index (χ1v) is 7.46. The molecule has 0 aromatic carbocycles. The highest BCUT2D eigenvalue weighted by Gasteiger charge is 2.47. The number of hydrogen-bond donors (Lipinski definition) is 2. The third-order valence-corrected chi connectivity index (χ3v) is 5.29. The summed E-state index contributed by atoms with van der Waals surface area (Å²) in [7, 11) is 0. The molecule has 100 valence electrons. The molecule has 0 heterocycles. The highest BCUT2D eigenvalue weighted by molar-refractivity contribution is 5.02. The minimum atomic E-state index is -0.110. The second kappa shape index (κ2) is 5.27. The molecule has 2 unspecified atom stereocenters. The summed E-state index contributed by atoms with van der Waals surface area (Å²) >= 11 is 0. The van der Waals surface area contributed by atoms with E-state index in [2.05, 4.69) is 26.1 Å². The van der Waals surface area contributed by atoms with Crippen LogP contribution in [0.25, 0.3) is 0 Å². The summed E-state index contributed by atoms with van der Waals surface area (Å²) in [5.74, 6) is 0.853. The van der Waals surface area contributed by atoms with Crippen LogP contribution in [0, 0.1) is 11.3 Å². The van der Waals surface area contributed by atoms with Crippen LogP contribution in [0.4, 0.5) is 0 Å². The van der Waals surface area contributed by atoms with E-state index in [1.807, 2.05) is 0 Å². The second-order valence-corrected chi connectivity index (χ2v) is 6.83. The van der Waals surface area contributed by atoms with Gasteiger partial charge in [-0.15, -0.1) is 0 Å². The predicted octanol–water partition coefficient (Wildman–Crippen LogP) is 3.09. The lowest BCUT2D eigenvalue weighted by atomic mass is 9.64. The van der Waals surface area contributed by atoms with Gasteiger partial charge in [0.15, 0.2) is 0 Å². The minimum Gasteiger partial charge on any atom is -0.392 e. The fourth-order valence-electron chi connectivity index (χ4n) is 3.45. The van der Waals surface area contributed by atoms with E-state index in [-0.39, 0.29) is 11.5 Å². The van der Waals surface area contributed by atoms with Crippen LogP contribution < -0.4 is 5.32 Å². The van der Waals surface area contributed by atoms with Gasteiger partial charge in [-0.2, -0.15) is 0 Å². The molecule has 0 spiro atoms. The standard InChI is InChI=1S/C15H29NO/c1-11(12-8-6-4-5-7-9-12)16-13-10-14(17)15(13,2)3/h11-14,16-17H,4-10H2,1-3H3/t11-,13?,14?/m1/s1. The lowest BCUT2D eigenvalue weighted by Crippen LogP contribution is -2.62. The zero-order valence-corrected chi connectivity index (χ0v) is 11.7. The SMILES string of the molecule is C[C@@H](NC1CC(O)C1(C)C)C1CCCCCC1. The summed E-state index contributed by atoms with van der Waals surface area (Å²) in [6.07, 6.45) is 9.29. The summed E-state index contributed by atoms with van der Waals surface area (Å²) < 4.78 is 0. The van der Waals surface area contributed by atoms with Gasteiger partial charge in [0.25, 0.3) is 0 Å². The molecule has 3 atom stereocenters. The van der Waals surface area contributed by atoms with E-state index >= 15 is 0 Å². The Balaban J connectivity index is 1.82. The molecule has 0 aromatic rings. The quantitative estimate of drug-likeness (QED) is 0.742. The third-order valence-electron chi connectivity index (χ3n) is 5.29. The summed E-state index contributed by atoms with van der Waals surface area (Å²) in [4.78, 5) is 0. The molecular weight excluding hydrogens is 210 g/mol. The van der Waals surface area contributed by atoms with Crippen LogP contribution in [-0.4, -0.2) is 23.3 Å². The van der Waals surface area contributed by atoms with Crippen molar-refractivity contribution in [2.75, 3.05) is 0 Å². The van der Waals surface area contributed by atoms with Crippen LogP contribution in [0.1, 0.15) is 65.7 Å². The van der Waals surface area contributed by atoms with Crippen LogP contribution in [0.5, 0.6) is 0 Å². The first-order chi connectivity index (χ1) is 8.01. The third kappa shape index (κ3) is 2.85. The van der Waals surface area contributed by atoms with Gasteiger partial charge in [0.2, 0.25) is 0 Å². The van der Waals surface area contributed by atoms with E-state index in [0.29, 0.717) is 12.1 Å². The largest absolute Gasteiger partial charge is 0.392 e. The van der Waals surface area contributed by atoms with Crippen molar-refractivity contribution in [2.45, 2.75) is 83.9 Å². The van der Waals surface area contributed by atoms with Crippen molar-refractivity contribution in [3.63, 3.8) is 0 Å². The summed E-state index contributed by atoms with van der Waals surface area (Å²) in [6, 6.07) is 1.13. The van der Waals surface area contributed by atoms with Gasteiger partial charge in [-0.3, -0.25) is 0 Å². The summed E-state index contributed by atoms with van der Waals surface area (Å²) in [5, 5.41) is 13.5. The molecule has 2 saturated carbocycles. The zero-order chi connectivity index (χ0) is 12.5. The topological polar surface area (TPSA) is 32.3 Å². The van der Waals surface area contributed by atoms with Gasteiger partial charge in [0.05, 0.1) is 6.10 Å². The normalized spacial score (nSPS) is 36.0. The molecule has 0 aromatic heterocycles. The molecule has 2 heteroatoms. The highest BCUT2D eigenvalue weighted by Crippen LogP contribution is 2.41. The predicted molar refractivity (Wildman–Crippen MR) is 72.0 cm³/mol. The average molecular weight is 239 g/mol. The van der Waals surface area contributed by atoms with Crippen LogP contribution >= 0.6 is 0 Å². The first kappa shape index (κ1) is 13.4. The van der Waals surface area contributed by atoms with E-state index < -0.39 is 0 Å². The van der Waals surface area contributed by atoms with Gasteiger partial charge in [-0.25, -0.2) is 0 Å². The number of aliphatic hydroxyl groups excluding tert-OH is 1. The van der Waals surface area contributed by atoms with Crippen molar-refractivity contribution in [1.29, 1.82) is 0 Å². The van der Waals surface area contributed by atoms with Crippen molar-refractivity contribution in [2.24, 2.45) is 11.3 Å². The lowest BCUT2D eigenvalue weighted by molar-refractivity contribution is -0.0774. The van der Waals surface area contributed by atoms with Crippen molar-refractivity contribution in [3.8, 4) is 0 Å². The molecule has 2 rings (SSSR count). The van der Waals surface area contributed by atoms with Crippen molar-refractivity contribution in [3.05, 3.63) is 0 Å². The fraction of sp³-hybridized carbons (Fsp3) is 1.00. The van der Waals surface area contributed by atoms with Gasteiger partial charge >= 0.3 is 0 Å². The van der Waals surface area contributed by atoms with Gasteiger partial charge in [-0.05, 0) is 32.1 Å². The second-order valence-electron chi connectivity index (χ2n) is 6.83. The van der Waals surface area contributed by atoms with Crippen LogP contribution in [0.3, 0.4) is 0 Å². The van der Waals surface area contributed by atoms with E-state index in [9.17, 15) is 5.11 Å². The smallest absolute Gasteiger partial charge is 0.0621 e. The van der Waals surface area contributed by atoms with E-state index in [0.717, 1.165) is 12.3 Å². The Morgan fingerprint density at radius 3 is 2.18 bits per heavy atom. The van der Waals surface area contributed by atoms with Gasteiger partial charge in [0.1, 0.15) is 0 Å². The van der Waals surface area contributed by atoms with Crippen molar-refractivity contribution < 1.29 is 5.11 Å². The van der Waals surface area contributed by atoms with E-state index in [1.165, 1.54) is 38.5 Å². The minimum absolute atomic E-state index is 0.0684. The van der Waals surface area contributed by atoms with E-state index in [4.69, 9.17) is 0 Å². The molecule has 17 heavy (non-hydrogen) atoms. The monoisotopic (exact) mass is 239 g/mol. The summed E-state index contributed by atoms with van der Waals surface area (Å²) in [6.45, 7) is 6.70. The number of rotatable bonds is 3. The Morgan fingerprint density at radius 2 is 1.71 bits per heavy atom. The first-order valence-electron chi connectivity index (χ1n) is 7.46. The molecular formula is C15H29NO. The van der Waals surface area contributed by atoms with E-state index in [1.54, 1.807) is 0 Å². The Bertz CT molecular complexity index is 243. The molecule has 0 amide bonds. The molecule has 2 aliphatic rings. The number of nitrogens with one attached hydrogen (secondary N) is 1. The van der Waals surface area contributed by atoms with Crippen molar-refractivity contribution >= 4 is 0 Å². The Hall–Kier alpha value is -0.0800. The van der Waals surface area contributed by atoms with Gasteiger partial charge < -0.3 is 10.4 Å². The fourth-order valence-corrected chi connectivity index (χ4v) is 3.45. The lowest BCUT2D eigenvalue weighted by Gasteiger charge is -2.51. The highest BCUT2D eigenvalue weighted by atomic mass is 16.3. The Labute approximate surface area is 106 Å². The maximum Gasteiger partial charge on any atom is 0.0621 e. The Morgan fingerprint density at radius 1 is 1.12 bits per heavy atom. The Kier molecular flexibility index (Phi) is 4.14. The zero-order valence-electron chi connectivity index (χ0n) is 11.7. The molecule has 0 radical (unpaired) electrons. The maximum absolute atomic E-state index is 9.77. The maximum atomic E-state index is 9.77. The molecule has 0 bridgehead atoms. The molecule has 2 N–H and O–H groups in total. The van der Waals surface area contributed by atoms with Crippen LogP contribution in [-0.2, 0) is 0 Å². The van der Waals surface area contributed by atoms with Crippen molar-refractivity contribution in [1.82, 2.24) is 5.32 Å². The van der Waals surface area contributed by atoms with Crippen LogP contribution in [0.2, 0.25) is 0 Å². The molecule has 2 fully saturated rings. The average Bonchev–Trinajstić information content (AvgIpc) is 2.57. The summed E-state index contributed by atoms with van der Waals surface area (Å²) in [5.41, 5.74) is 0.0684. The molecule has 2 nitrogen and oxygen atoms in total. The van der Waals surface area contributed by atoms with Gasteiger partial charge in [0, 0.05) is 17.5 Å². The van der Waals surface area contributed by atoms with Crippen LogP contribution in [0.15, 0.2) is 0 Å². The number of aliphatic hydroxyl groups is 1. The molecule has 0 saturated heterocycles. The molecule has 0 aliphatic heterocycles. The van der Waals surface area contributed by atoms with Gasteiger partial charge in [-0.1, -0.05) is 39.5 Å². The molecule has 2 aliphatic carbocycles.